The molecule has 1 aromatic carbocycles. The second-order valence-corrected chi connectivity index (χ2v) is 8.96. The normalized spacial score (nSPS) is 17.5. The number of ether oxygens (including phenoxy) is 1. The Morgan fingerprint density at radius 3 is 2.47 bits per heavy atom. The number of hydrogen-bond donors (Lipinski definition) is 2. The maximum Gasteiger partial charge on any atom is 0.441 e. The van der Waals surface area contributed by atoms with Crippen molar-refractivity contribution in [1.29, 1.82) is 5.26 Å². The van der Waals surface area contributed by atoms with Gasteiger partial charge in [-0.15, -0.1) is 11.3 Å². The zero-order chi connectivity index (χ0) is 23.7. The number of halogens is 3. The summed E-state index contributed by atoms with van der Waals surface area (Å²) in [6.07, 6.45) is -3.28. The Balaban J connectivity index is 2.08. The van der Waals surface area contributed by atoms with Crippen LogP contribution in [0.15, 0.2) is 24.3 Å². The van der Waals surface area contributed by atoms with Gasteiger partial charge in [-0.05, 0) is 49.8 Å². The van der Waals surface area contributed by atoms with Crippen LogP contribution in [0.3, 0.4) is 0 Å². The third-order valence-electron chi connectivity index (χ3n) is 5.46. The van der Waals surface area contributed by atoms with Crippen LogP contribution in [0.2, 0.25) is 0 Å². The first-order valence-corrected chi connectivity index (χ1v) is 10.7. The number of anilines is 1. The van der Waals surface area contributed by atoms with E-state index in [0.29, 0.717) is 24.3 Å². The molecule has 1 heterocycles. The standard InChI is InChI=1S/C22H22F3N3O3S/c1-12-4-7-14(8-5-12)18(29)27-21(20(30)31-3,22(23,24)25)28-19-16(11-26)15-9-6-13(2)10-17(15)32-19/h4-5,7-8,13,28H,6,9-10H2,1-3H3,(H,27,29). The van der Waals surface area contributed by atoms with E-state index in [4.69, 9.17) is 0 Å². The number of carbonyl (C=O) groups is 2. The second-order valence-electron chi connectivity index (χ2n) is 7.85. The van der Waals surface area contributed by atoms with Crippen LogP contribution in [0.4, 0.5) is 18.2 Å². The third-order valence-corrected chi connectivity index (χ3v) is 6.63. The molecule has 3 rings (SSSR count). The topological polar surface area (TPSA) is 91.2 Å². The first kappa shape index (κ1) is 23.6. The summed E-state index contributed by atoms with van der Waals surface area (Å²) in [7, 11) is 0.800. The highest BCUT2D eigenvalue weighted by Crippen LogP contribution is 2.42. The predicted octanol–water partition coefficient (Wildman–Crippen LogP) is 4.33. The van der Waals surface area contributed by atoms with Crippen LogP contribution in [0.5, 0.6) is 0 Å². The molecular weight excluding hydrogens is 443 g/mol. The monoisotopic (exact) mass is 465 g/mol. The molecule has 1 aliphatic carbocycles. The number of rotatable bonds is 5. The first-order chi connectivity index (χ1) is 15.0. The Hall–Kier alpha value is -3.06. The molecule has 6 nitrogen and oxygen atoms in total. The van der Waals surface area contributed by atoms with Gasteiger partial charge < -0.3 is 15.4 Å². The average molecular weight is 465 g/mol. The van der Waals surface area contributed by atoms with Gasteiger partial charge >= 0.3 is 17.8 Å². The summed E-state index contributed by atoms with van der Waals surface area (Å²) in [6.45, 7) is 3.79. The molecule has 0 fully saturated rings. The summed E-state index contributed by atoms with van der Waals surface area (Å²) in [5.74, 6) is -2.53. The number of nitrogens with zero attached hydrogens (tertiary/aromatic N) is 1. The van der Waals surface area contributed by atoms with Crippen LogP contribution in [0.1, 0.15) is 45.3 Å². The number of nitrogens with one attached hydrogen (secondary N) is 2. The van der Waals surface area contributed by atoms with Crippen molar-refractivity contribution < 1.29 is 27.5 Å². The summed E-state index contributed by atoms with van der Waals surface area (Å²) < 4.78 is 47.5. The maximum absolute atomic E-state index is 14.4. The Morgan fingerprint density at radius 2 is 1.91 bits per heavy atom. The van der Waals surface area contributed by atoms with Gasteiger partial charge in [0.05, 0.1) is 12.7 Å². The van der Waals surface area contributed by atoms with Gasteiger partial charge in [0.25, 0.3) is 5.91 Å². The lowest BCUT2D eigenvalue weighted by Gasteiger charge is -2.34. The van der Waals surface area contributed by atoms with Crippen molar-refractivity contribution in [3.05, 3.63) is 51.4 Å². The van der Waals surface area contributed by atoms with Crippen molar-refractivity contribution in [2.24, 2.45) is 5.92 Å². The highest BCUT2D eigenvalue weighted by molar-refractivity contribution is 7.16. The average Bonchev–Trinajstić information content (AvgIpc) is 3.07. The van der Waals surface area contributed by atoms with Crippen LogP contribution in [-0.2, 0) is 22.4 Å². The van der Waals surface area contributed by atoms with Crippen molar-refractivity contribution in [3.63, 3.8) is 0 Å². The highest BCUT2D eigenvalue weighted by Gasteiger charge is 2.64. The molecule has 0 bridgehead atoms. The zero-order valence-electron chi connectivity index (χ0n) is 17.7. The third kappa shape index (κ3) is 4.30. The molecule has 2 N–H and O–H groups in total. The molecule has 0 spiro atoms. The molecule has 1 aliphatic rings. The summed E-state index contributed by atoms with van der Waals surface area (Å²) in [5, 5.41) is 13.5. The van der Waals surface area contributed by atoms with E-state index >= 15 is 0 Å². The molecule has 1 amide bonds. The number of methoxy groups -OCH3 is 1. The number of thiophene rings is 1. The minimum atomic E-state index is -5.27. The minimum absolute atomic E-state index is 0.0546. The molecule has 32 heavy (non-hydrogen) atoms. The van der Waals surface area contributed by atoms with E-state index in [1.54, 1.807) is 24.4 Å². The number of nitriles is 1. The summed E-state index contributed by atoms with van der Waals surface area (Å²) in [6, 6.07) is 7.80. The molecule has 2 unspecified atom stereocenters. The Bertz CT molecular complexity index is 1070. The largest absolute Gasteiger partial charge is 0.466 e. The van der Waals surface area contributed by atoms with Crippen molar-refractivity contribution in [2.45, 2.75) is 44.9 Å². The first-order valence-electron chi connectivity index (χ1n) is 9.89. The summed E-state index contributed by atoms with van der Waals surface area (Å²) in [4.78, 5) is 26.0. The number of aryl methyl sites for hydroxylation is 1. The van der Waals surface area contributed by atoms with Crippen LogP contribution in [0.25, 0.3) is 0 Å². The van der Waals surface area contributed by atoms with E-state index in [1.165, 1.54) is 12.1 Å². The zero-order valence-corrected chi connectivity index (χ0v) is 18.5. The smallest absolute Gasteiger partial charge is 0.441 e. The number of carbonyl (C=O) groups excluding carboxylic acids is 2. The maximum atomic E-state index is 14.4. The molecule has 1 aromatic heterocycles. The van der Waals surface area contributed by atoms with E-state index in [9.17, 15) is 28.0 Å². The summed E-state index contributed by atoms with van der Waals surface area (Å²) in [5.41, 5.74) is -2.08. The molecule has 0 saturated heterocycles. The fourth-order valence-corrected chi connectivity index (χ4v) is 5.04. The van der Waals surface area contributed by atoms with Crippen molar-refractivity contribution >= 4 is 28.2 Å². The fraction of sp³-hybridized carbons (Fsp3) is 0.409. The van der Waals surface area contributed by atoms with E-state index < -0.39 is 23.7 Å². The fourth-order valence-electron chi connectivity index (χ4n) is 3.62. The molecule has 2 aromatic rings. The van der Waals surface area contributed by atoms with Gasteiger partial charge in [-0.25, -0.2) is 4.79 Å². The Kier molecular flexibility index (Phi) is 6.51. The number of amides is 1. The van der Waals surface area contributed by atoms with Gasteiger partial charge in [0.2, 0.25) is 0 Å². The minimum Gasteiger partial charge on any atom is -0.466 e. The van der Waals surface area contributed by atoms with E-state index in [-0.39, 0.29) is 16.1 Å². The molecule has 0 saturated carbocycles. The number of esters is 1. The Labute approximate surface area is 187 Å². The molecule has 2 atom stereocenters. The molecule has 0 radical (unpaired) electrons. The summed E-state index contributed by atoms with van der Waals surface area (Å²) >= 11 is 0.993. The van der Waals surface area contributed by atoms with Gasteiger partial charge in [-0.1, -0.05) is 24.6 Å². The van der Waals surface area contributed by atoms with Crippen LogP contribution >= 0.6 is 11.3 Å². The van der Waals surface area contributed by atoms with Gasteiger partial charge in [-0.2, -0.15) is 18.4 Å². The number of benzene rings is 1. The van der Waals surface area contributed by atoms with Crippen molar-refractivity contribution in [3.8, 4) is 6.07 Å². The van der Waals surface area contributed by atoms with Gasteiger partial charge in [0.1, 0.15) is 11.1 Å². The number of fused-ring (bicyclic) bond motifs is 1. The van der Waals surface area contributed by atoms with Gasteiger partial charge in [-0.3, -0.25) is 4.79 Å². The van der Waals surface area contributed by atoms with Gasteiger partial charge in [0, 0.05) is 10.4 Å². The number of alkyl halides is 3. The molecule has 0 aliphatic heterocycles. The quantitative estimate of drug-likeness (QED) is 0.507. The molecule has 10 heteroatoms. The lowest BCUT2D eigenvalue weighted by Crippen LogP contribution is -2.69. The van der Waals surface area contributed by atoms with Gasteiger partial charge in [0.15, 0.2) is 0 Å². The van der Waals surface area contributed by atoms with E-state index in [0.717, 1.165) is 35.3 Å². The van der Waals surface area contributed by atoms with Crippen LogP contribution in [-0.4, -0.2) is 30.8 Å². The van der Waals surface area contributed by atoms with Crippen LogP contribution in [0, 0.1) is 24.2 Å². The van der Waals surface area contributed by atoms with E-state index in [2.05, 4.69) is 10.1 Å². The predicted molar refractivity (Wildman–Crippen MR) is 113 cm³/mol. The lowest BCUT2D eigenvalue weighted by atomic mass is 9.88. The van der Waals surface area contributed by atoms with E-state index in [1.807, 2.05) is 13.0 Å². The second kappa shape index (κ2) is 8.82. The van der Waals surface area contributed by atoms with Crippen molar-refractivity contribution in [2.75, 3.05) is 12.4 Å². The SMILES string of the molecule is COC(=O)C(NC(=O)c1ccc(C)cc1)(Nc1sc2c(c1C#N)CCC(C)C2)C(F)(F)F. The molecule has 170 valence electrons. The molecular formula is C22H22F3N3O3S. The number of hydrogen-bond acceptors (Lipinski definition) is 6. The highest BCUT2D eigenvalue weighted by atomic mass is 32.1. The Morgan fingerprint density at radius 1 is 1.25 bits per heavy atom. The lowest BCUT2D eigenvalue weighted by molar-refractivity contribution is -0.203. The van der Waals surface area contributed by atoms with Crippen LogP contribution < -0.4 is 10.6 Å². The van der Waals surface area contributed by atoms with Crippen molar-refractivity contribution in [1.82, 2.24) is 5.32 Å².